The molecule has 8 heteroatoms. The maximum absolute atomic E-state index is 11.1. The van der Waals surface area contributed by atoms with Crippen LogP contribution in [-0.2, 0) is 23.5 Å². The maximum Gasteiger partial charge on any atom is 0.398 e. The number of aliphatic carboxylic acids is 2. The molecule has 2 N–H and O–H groups in total. The zero-order chi connectivity index (χ0) is 12.1. The maximum atomic E-state index is 11.1. The van der Waals surface area contributed by atoms with Crippen LogP contribution in [0, 0.1) is 5.41 Å². The highest BCUT2D eigenvalue weighted by Gasteiger charge is 2.55. The highest BCUT2D eigenvalue weighted by Crippen LogP contribution is 2.28. The van der Waals surface area contributed by atoms with Crippen molar-refractivity contribution in [1.29, 1.82) is 0 Å². The zero-order valence-corrected chi connectivity index (χ0v) is 8.69. The van der Waals surface area contributed by atoms with E-state index in [1.807, 2.05) is 0 Å². The molecule has 84 valence electrons. The Kier molecular flexibility index (Phi) is 4.87. The molecule has 0 aromatic carbocycles. The van der Waals surface area contributed by atoms with Gasteiger partial charge in [-0.05, 0) is 6.42 Å². The van der Waals surface area contributed by atoms with Crippen LogP contribution in [0.3, 0.4) is 0 Å². The lowest BCUT2D eigenvalue weighted by Crippen LogP contribution is -2.46. The second-order valence-corrected chi connectivity index (χ2v) is 3.05. The summed E-state index contributed by atoms with van der Waals surface area (Å²) >= 11 is 0. The van der Waals surface area contributed by atoms with Crippen LogP contribution in [0.2, 0.25) is 0 Å². The molecular formula is C7H9O7P. The molecule has 0 unspecified atom stereocenters. The smallest absolute Gasteiger partial charge is 0.398 e. The van der Waals surface area contributed by atoms with Gasteiger partial charge in [0.25, 0.3) is 5.41 Å². The summed E-state index contributed by atoms with van der Waals surface area (Å²) in [6.45, 7) is 1.52. The van der Waals surface area contributed by atoms with E-state index in [2.05, 4.69) is 4.52 Å². The van der Waals surface area contributed by atoms with E-state index >= 15 is 0 Å². The molecule has 0 aromatic rings. The zero-order valence-electron chi connectivity index (χ0n) is 7.80. The molecular weight excluding hydrogens is 227 g/mol. The fourth-order valence-electron chi connectivity index (χ4n) is 1.07. The molecule has 0 radical (unpaired) electrons. The molecule has 0 aliphatic heterocycles. The van der Waals surface area contributed by atoms with E-state index in [1.165, 1.54) is 6.92 Å². The van der Waals surface area contributed by atoms with Crippen molar-refractivity contribution in [2.24, 2.45) is 5.41 Å². The summed E-state index contributed by atoms with van der Waals surface area (Å²) in [4.78, 5) is 32.7. The van der Waals surface area contributed by atoms with Gasteiger partial charge in [-0.15, -0.1) is 0 Å². The van der Waals surface area contributed by atoms with Gasteiger partial charge < -0.3 is 14.7 Å². The quantitative estimate of drug-likeness (QED) is 0.514. The Morgan fingerprint density at radius 1 is 1.27 bits per heavy atom. The molecule has 7 nitrogen and oxygen atoms in total. The number of carbonyl (C=O) groups excluding carboxylic acids is 1. The average molecular weight is 236 g/mol. The molecule has 0 aliphatic carbocycles. The van der Waals surface area contributed by atoms with Crippen molar-refractivity contribution in [1.82, 2.24) is 0 Å². The van der Waals surface area contributed by atoms with Crippen molar-refractivity contribution < 1.29 is 33.7 Å². The molecule has 0 saturated carbocycles. The first-order valence-corrected chi connectivity index (χ1v) is 4.67. The minimum atomic E-state index is -2.67. The highest BCUT2D eigenvalue weighted by atomic mass is 31.1. The predicted molar refractivity (Wildman–Crippen MR) is 46.3 cm³/mol. The molecule has 15 heavy (non-hydrogen) atoms. The van der Waals surface area contributed by atoms with Gasteiger partial charge in [0.2, 0.25) is 0 Å². The van der Waals surface area contributed by atoms with Crippen LogP contribution in [0.5, 0.6) is 0 Å². The molecule has 0 amide bonds. The fraction of sp³-hybridized carbons (Fsp3) is 0.571. The standard InChI is InChI=1S/C7H9O7P/c1-2-3-7(4(8)9,5(10)11)6(12)14-15-13/h2-3H2,1H3,(H,8,9)(H,10,11). The SMILES string of the molecule is CCCC(C(=O)O)(C(=O)O)C(=O)OP=O. The molecule has 0 heterocycles. The molecule has 0 aliphatic rings. The van der Waals surface area contributed by atoms with Crippen molar-refractivity contribution in [2.45, 2.75) is 19.8 Å². The van der Waals surface area contributed by atoms with E-state index in [-0.39, 0.29) is 6.42 Å². The highest BCUT2D eigenvalue weighted by molar-refractivity contribution is 7.18. The van der Waals surface area contributed by atoms with E-state index in [0.717, 1.165) is 0 Å². The average Bonchev–Trinajstić information content (AvgIpc) is 2.13. The first-order chi connectivity index (χ1) is 6.93. The van der Waals surface area contributed by atoms with Gasteiger partial charge in [0.1, 0.15) is 0 Å². The number of carbonyl (C=O) groups is 3. The summed E-state index contributed by atoms with van der Waals surface area (Å²) in [5.41, 5.74) is -2.67. The summed E-state index contributed by atoms with van der Waals surface area (Å²) in [5.74, 6) is -5.20. The third-order valence-electron chi connectivity index (χ3n) is 1.82. The van der Waals surface area contributed by atoms with Gasteiger partial charge in [-0.3, -0.25) is 9.59 Å². The minimum Gasteiger partial charge on any atom is -0.480 e. The number of carboxylic acids is 2. The lowest BCUT2D eigenvalue weighted by atomic mass is 9.83. The largest absolute Gasteiger partial charge is 0.480 e. The number of hydrogen-bond donors (Lipinski definition) is 2. The summed E-state index contributed by atoms with van der Waals surface area (Å²) in [7, 11) is -1.08. The van der Waals surface area contributed by atoms with E-state index in [1.54, 1.807) is 0 Å². The van der Waals surface area contributed by atoms with Crippen LogP contribution >= 0.6 is 8.69 Å². The fourth-order valence-corrected chi connectivity index (χ4v) is 1.29. The van der Waals surface area contributed by atoms with E-state index in [0.29, 0.717) is 0 Å². The number of hydrogen-bond acceptors (Lipinski definition) is 5. The van der Waals surface area contributed by atoms with Crippen LogP contribution in [0.15, 0.2) is 0 Å². The third-order valence-corrected chi connectivity index (χ3v) is 2.06. The molecule has 0 fully saturated rings. The van der Waals surface area contributed by atoms with Crippen LogP contribution in [0.4, 0.5) is 0 Å². The van der Waals surface area contributed by atoms with Crippen LogP contribution in [0.1, 0.15) is 19.8 Å². The van der Waals surface area contributed by atoms with Crippen molar-refractivity contribution >= 4 is 26.6 Å². The lowest BCUT2D eigenvalue weighted by molar-refractivity contribution is -0.174. The Bertz CT molecular complexity index is 284. The molecule has 0 aromatic heterocycles. The summed E-state index contributed by atoms with van der Waals surface area (Å²) in [6, 6.07) is 0. The van der Waals surface area contributed by atoms with Gasteiger partial charge >= 0.3 is 26.6 Å². The van der Waals surface area contributed by atoms with Crippen molar-refractivity contribution in [3.8, 4) is 0 Å². The van der Waals surface area contributed by atoms with Gasteiger partial charge in [0.15, 0.2) is 0 Å². The number of rotatable bonds is 6. The first kappa shape index (κ1) is 13.5. The van der Waals surface area contributed by atoms with Crippen molar-refractivity contribution in [2.75, 3.05) is 0 Å². The van der Waals surface area contributed by atoms with E-state index in [9.17, 15) is 18.9 Å². The minimum absolute atomic E-state index is 0.156. The molecule has 0 saturated heterocycles. The van der Waals surface area contributed by atoms with Crippen LogP contribution in [-0.4, -0.2) is 28.1 Å². The van der Waals surface area contributed by atoms with Crippen molar-refractivity contribution in [3.63, 3.8) is 0 Å². The topological polar surface area (TPSA) is 118 Å². The van der Waals surface area contributed by atoms with Crippen molar-refractivity contribution in [3.05, 3.63) is 0 Å². The summed E-state index contributed by atoms with van der Waals surface area (Å²) < 4.78 is 13.9. The second-order valence-electron chi connectivity index (χ2n) is 2.72. The van der Waals surface area contributed by atoms with Gasteiger partial charge in [-0.25, -0.2) is 9.36 Å². The summed E-state index contributed by atoms with van der Waals surface area (Å²) in [6.07, 6.45) is -0.268. The second kappa shape index (κ2) is 5.41. The predicted octanol–water partition coefficient (Wildman–Crippen LogP) is 0.692. The Morgan fingerprint density at radius 3 is 2.00 bits per heavy atom. The molecule has 0 atom stereocenters. The van der Waals surface area contributed by atoms with Crippen LogP contribution < -0.4 is 0 Å². The normalized spacial score (nSPS) is 11.0. The van der Waals surface area contributed by atoms with E-state index < -0.39 is 38.4 Å². The van der Waals surface area contributed by atoms with Gasteiger partial charge in [0, 0.05) is 0 Å². The molecule has 0 bridgehead atoms. The molecule has 0 spiro atoms. The van der Waals surface area contributed by atoms with Crippen LogP contribution in [0.25, 0.3) is 0 Å². The Labute approximate surface area is 86.3 Å². The van der Waals surface area contributed by atoms with Gasteiger partial charge in [0.05, 0.1) is 0 Å². The van der Waals surface area contributed by atoms with Gasteiger partial charge in [-0.1, -0.05) is 13.3 Å². The van der Waals surface area contributed by atoms with E-state index in [4.69, 9.17) is 10.2 Å². The monoisotopic (exact) mass is 236 g/mol. The Morgan fingerprint density at radius 2 is 1.73 bits per heavy atom. The third kappa shape index (κ3) is 2.50. The Hall–Kier alpha value is -1.49. The lowest BCUT2D eigenvalue weighted by Gasteiger charge is -2.19. The number of carboxylic acid groups (broad SMARTS) is 2. The first-order valence-electron chi connectivity index (χ1n) is 3.94. The molecule has 0 rings (SSSR count). The Balaban J connectivity index is 5.30. The summed E-state index contributed by atoms with van der Waals surface area (Å²) in [5, 5.41) is 17.5. The van der Waals surface area contributed by atoms with Gasteiger partial charge in [-0.2, -0.15) is 0 Å².